The maximum atomic E-state index is 13.3. The number of unbranched alkanes of at least 4 members (excludes halogenated alkanes) is 2. The largest absolute Gasteiger partial charge is 0.443 e. The summed E-state index contributed by atoms with van der Waals surface area (Å²) in [6.45, 7) is 2.91. The van der Waals surface area contributed by atoms with Gasteiger partial charge in [-0.3, -0.25) is 14.9 Å². The molecule has 1 saturated heterocycles. The van der Waals surface area contributed by atoms with Gasteiger partial charge in [-0.05, 0) is 49.1 Å². The van der Waals surface area contributed by atoms with Crippen LogP contribution in [0.5, 0.6) is 0 Å². The molecule has 1 aliphatic heterocycles. The molecule has 3 aromatic heterocycles. The third-order valence-corrected chi connectivity index (χ3v) is 8.11. The number of aliphatic hydroxyl groups is 1. The van der Waals surface area contributed by atoms with Crippen LogP contribution in [0.3, 0.4) is 0 Å². The molecule has 2 amide bonds. The Hall–Kier alpha value is -4.27. The number of carbonyl (C=O) groups is 2. The predicted octanol–water partition coefficient (Wildman–Crippen LogP) is 5.13. The Morgan fingerprint density at radius 2 is 2.20 bits per heavy atom. The number of aliphatic hydroxyl groups excluding tert-OH is 1. The molecule has 0 spiro atoms. The van der Waals surface area contributed by atoms with Crippen molar-refractivity contribution in [2.24, 2.45) is 0 Å². The van der Waals surface area contributed by atoms with Gasteiger partial charge < -0.3 is 19.0 Å². The molecule has 5 rings (SSSR count). The first kappa shape index (κ1) is 27.3. The number of hydrogen-bond acceptors (Lipinski definition) is 8. The van der Waals surface area contributed by atoms with Crippen molar-refractivity contribution < 1.29 is 19.1 Å². The van der Waals surface area contributed by atoms with Gasteiger partial charge in [-0.15, -0.1) is 11.3 Å². The fourth-order valence-corrected chi connectivity index (χ4v) is 5.79. The number of hydrogen-bond donors (Lipinski definition) is 2. The lowest BCUT2D eigenvalue weighted by atomic mass is 10.1. The second-order valence-electron chi connectivity index (χ2n) is 9.68. The van der Waals surface area contributed by atoms with Crippen LogP contribution in [-0.4, -0.2) is 48.9 Å². The number of oxazole rings is 1. The minimum absolute atomic E-state index is 0.129. The second kappa shape index (κ2) is 12.3. The summed E-state index contributed by atoms with van der Waals surface area (Å²) in [7, 11) is 0. The number of nitrogens with zero attached hydrogens (tertiary/aromatic N) is 5. The molecule has 4 heterocycles. The number of imidazole rings is 1. The lowest BCUT2D eigenvalue weighted by molar-refractivity contribution is -0.127. The van der Waals surface area contributed by atoms with Gasteiger partial charge in [0.1, 0.15) is 11.6 Å². The number of nitrogens with one attached hydrogen (secondary N) is 1. The molecule has 2 N–H and O–H groups in total. The van der Waals surface area contributed by atoms with Crippen molar-refractivity contribution in [3.8, 4) is 16.7 Å². The van der Waals surface area contributed by atoms with Crippen LogP contribution in [0.4, 0.5) is 5.95 Å². The van der Waals surface area contributed by atoms with Crippen LogP contribution in [0, 0.1) is 11.3 Å². The molecule has 1 fully saturated rings. The van der Waals surface area contributed by atoms with Crippen LogP contribution in [0.1, 0.15) is 54.3 Å². The molecule has 0 radical (unpaired) electrons. The van der Waals surface area contributed by atoms with Crippen LogP contribution in [-0.2, 0) is 17.9 Å². The highest BCUT2D eigenvalue weighted by Crippen LogP contribution is 2.30. The standard InChI is InChI=1S/C29H30N6O4S/c1-2-3-4-6-20(14-30)28(38)34-12-5-7-21(34)16-35-23-9-8-19(17-36)13-22(23)32-29(35)33-27(37)26-11-10-25(40-26)24-15-31-18-39-24/h6,8-11,13,15,18,21,36H,2-5,7,12,16-17H2,1H3,(H,32,33,37)/b20-6+/t21-/m1/s1. The number of likely N-dealkylation sites (tertiary alicyclic amines) is 1. The highest BCUT2D eigenvalue weighted by atomic mass is 32.1. The number of allylic oxidation sites excluding steroid dienone is 1. The first-order valence-corrected chi connectivity index (χ1v) is 14.1. The summed E-state index contributed by atoms with van der Waals surface area (Å²) < 4.78 is 7.25. The van der Waals surface area contributed by atoms with E-state index in [0.717, 1.165) is 36.1 Å². The normalized spacial score (nSPS) is 15.5. The van der Waals surface area contributed by atoms with Crippen LogP contribution >= 0.6 is 11.3 Å². The average Bonchev–Trinajstić information content (AvgIpc) is 3.78. The monoisotopic (exact) mass is 558 g/mol. The van der Waals surface area contributed by atoms with E-state index in [-0.39, 0.29) is 30.0 Å². The van der Waals surface area contributed by atoms with Gasteiger partial charge in [-0.25, -0.2) is 9.97 Å². The van der Waals surface area contributed by atoms with Crippen molar-refractivity contribution in [2.45, 2.75) is 58.2 Å². The maximum Gasteiger partial charge on any atom is 0.268 e. The molecular weight excluding hydrogens is 528 g/mol. The number of amides is 2. The summed E-state index contributed by atoms with van der Waals surface area (Å²) >= 11 is 1.28. The number of aromatic nitrogens is 3. The third-order valence-electron chi connectivity index (χ3n) is 7.01. The van der Waals surface area contributed by atoms with Crippen LogP contribution < -0.4 is 5.32 Å². The molecule has 0 unspecified atom stereocenters. The van der Waals surface area contributed by atoms with E-state index in [4.69, 9.17) is 4.42 Å². The first-order chi connectivity index (χ1) is 19.5. The molecule has 10 nitrogen and oxygen atoms in total. The van der Waals surface area contributed by atoms with Gasteiger partial charge in [0.05, 0.1) is 39.6 Å². The lowest BCUT2D eigenvalue weighted by Crippen LogP contribution is -2.39. The highest BCUT2D eigenvalue weighted by molar-refractivity contribution is 7.17. The second-order valence-corrected chi connectivity index (χ2v) is 10.8. The number of carbonyl (C=O) groups excluding carboxylic acids is 2. The van der Waals surface area contributed by atoms with E-state index in [9.17, 15) is 20.0 Å². The zero-order chi connectivity index (χ0) is 28.1. The molecule has 0 aliphatic carbocycles. The number of thiophene rings is 1. The van der Waals surface area contributed by atoms with Crippen molar-refractivity contribution >= 4 is 40.1 Å². The van der Waals surface area contributed by atoms with Crippen LogP contribution in [0.2, 0.25) is 0 Å². The molecule has 0 bridgehead atoms. The quantitative estimate of drug-likeness (QED) is 0.156. The third kappa shape index (κ3) is 5.68. The number of benzene rings is 1. The van der Waals surface area contributed by atoms with Crippen molar-refractivity contribution in [2.75, 3.05) is 11.9 Å². The van der Waals surface area contributed by atoms with E-state index in [2.05, 4.69) is 28.3 Å². The summed E-state index contributed by atoms with van der Waals surface area (Å²) in [6.07, 6.45) is 8.88. The summed E-state index contributed by atoms with van der Waals surface area (Å²) in [5.41, 5.74) is 2.29. The van der Waals surface area contributed by atoms with Crippen molar-refractivity contribution in [3.05, 3.63) is 65.0 Å². The maximum absolute atomic E-state index is 13.3. The molecule has 1 atom stereocenters. The Kier molecular flexibility index (Phi) is 8.38. The van der Waals surface area contributed by atoms with E-state index in [0.29, 0.717) is 47.2 Å². The molecule has 1 aromatic carbocycles. The van der Waals surface area contributed by atoms with Gasteiger partial charge in [-0.1, -0.05) is 31.9 Å². The van der Waals surface area contributed by atoms with Gasteiger partial charge in [0.25, 0.3) is 11.8 Å². The van der Waals surface area contributed by atoms with Crippen molar-refractivity contribution in [3.63, 3.8) is 0 Å². The van der Waals surface area contributed by atoms with Crippen LogP contribution in [0.25, 0.3) is 21.7 Å². The Labute approximate surface area is 235 Å². The predicted molar refractivity (Wildman–Crippen MR) is 151 cm³/mol. The van der Waals surface area contributed by atoms with E-state index < -0.39 is 0 Å². The number of nitriles is 1. The van der Waals surface area contributed by atoms with Crippen molar-refractivity contribution in [1.29, 1.82) is 5.26 Å². The molecular formula is C29H30N6O4S. The molecule has 11 heteroatoms. The zero-order valence-corrected chi connectivity index (χ0v) is 23.0. The van der Waals surface area contributed by atoms with E-state index >= 15 is 0 Å². The van der Waals surface area contributed by atoms with E-state index in [1.54, 1.807) is 35.4 Å². The highest BCUT2D eigenvalue weighted by Gasteiger charge is 2.32. The first-order valence-electron chi connectivity index (χ1n) is 13.3. The molecule has 206 valence electrons. The van der Waals surface area contributed by atoms with E-state index in [1.807, 2.05) is 16.7 Å². The minimum Gasteiger partial charge on any atom is -0.443 e. The van der Waals surface area contributed by atoms with Gasteiger partial charge in [0.15, 0.2) is 12.2 Å². The van der Waals surface area contributed by atoms with E-state index in [1.165, 1.54) is 17.7 Å². The molecule has 0 saturated carbocycles. The summed E-state index contributed by atoms with van der Waals surface area (Å²) in [4.78, 5) is 38.2. The Morgan fingerprint density at radius 1 is 1.32 bits per heavy atom. The number of fused-ring (bicyclic) bond motifs is 1. The minimum atomic E-state index is -0.320. The summed E-state index contributed by atoms with van der Waals surface area (Å²) in [6, 6.07) is 10.9. The lowest BCUT2D eigenvalue weighted by Gasteiger charge is -2.26. The summed E-state index contributed by atoms with van der Waals surface area (Å²) in [5.74, 6) is 0.360. The van der Waals surface area contributed by atoms with Gasteiger partial charge in [-0.2, -0.15) is 5.26 Å². The average molecular weight is 559 g/mol. The zero-order valence-electron chi connectivity index (χ0n) is 22.2. The Morgan fingerprint density at radius 3 is 2.95 bits per heavy atom. The Balaban J connectivity index is 1.42. The van der Waals surface area contributed by atoms with Gasteiger partial charge >= 0.3 is 0 Å². The summed E-state index contributed by atoms with van der Waals surface area (Å²) in [5, 5.41) is 22.2. The number of anilines is 1. The molecule has 1 aliphatic rings. The SMILES string of the molecule is CCCC/C=C(\C#N)C(=O)N1CCC[C@@H]1Cn1c(NC(=O)c2ccc(-c3cnco3)s2)nc2cc(CO)ccc21. The number of rotatable bonds is 10. The van der Waals surface area contributed by atoms with Crippen molar-refractivity contribution in [1.82, 2.24) is 19.4 Å². The fourth-order valence-electron chi connectivity index (χ4n) is 4.94. The topological polar surface area (TPSA) is 137 Å². The Bertz CT molecular complexity index is 1580. The fraction of sp³-hybridized carbons (Fsp3) is 0.345. The smallest absolute Gasteiger partial charge is 0.268 e. The van der Waals surface area contributed by atoms with Gasteiger partial charge in [0, 0.05) is 13.1 Å². The molecule has 40 heavy (non-hydrogen) atoms. The van der Waals surface area contributed by atoms with Gasteiger partial charge in [0.2, 0.25) is 5.95 Å². The van der Waals surface area contributed by atoms with Crippen LogP contribution in [0.15, 0.2) is 59.0 Å². The molecule has 4 aromatic rings.